The van der Waals surface area contributed by atoms with Gasteiger partial charge in [0.15, 0.2) is 5.82 Å². The van der Waals surface area contributed by atoms with E-state index in [4.69, 9.17) is 30.3 Å². The van der Waals surface area contributed by atoms with Gasteiger partial charge in [-0.1, -0.05) is 0 Å². The average molecular weight is 535 g/mol. The average Bonchev–Trinajstić information content (AvgIpc) is 2.96. The van der Waals surface area contributed by atoms with Gasteiger partial charge >= 0.3 is 0 Å². The molecular weight excluding hydrogens is 500 g/mol. The van der Waals surface area contributed by atoms with Crippen molar-refractivity contribution in [1.29, 1.82) is 5.41 Å². The second-order valence-electron chi connectivity index (χ2n) is 9.05. The SMILES string of the molecule is COc1cc(OC)cc(-c2nc(-c3nc(/C(C=N)=C(\C)NCCN4CCOCC4)cnc3N)cn(C)c2=O)c1. The highest BCUT2D eigenvalue weighted by Gasteiger charge is 2.18. The van der Waals surface area contributed by atoms with Gasteiger partial charge in [0, 0.05) is 68.5 Å². The number of ether oxygens (including phenoxy) is 3. The van der Waals surface area contributed by atoms with Crippen molar-refractivity contribution in [1.82, 2.24) is 29.7 Å². The normalized spacial score (nSPS) is 14.5. The van der Waals surface area contributed by atoms with E-state index in [0.29, 0.717) is 46.3 Å². The van der Waals surface area contributed by atoms with E-state index in [1.165, 1.54) is 31.2 Å². The third-order valence-electron chi connectivity index (χ3n) is 6.49. The van der Waals surface area contributed by atoms with Gasteiger partial charge in [-0.25, -0.2) is 15.0 Å². The van der Waals surface area contributed by atoms with Crippen LogP contribution in [0.3, 0.4) is 0 Å². The topological polar surface area (TPSA) is 154 Å². The van der Waals surface area contributed by atoms with Crippen LogP contribution in [0, 0.1) is 5.41 Å². The minimum absolute atomic E-state index is 0.154. The van der Waals surface area contributed by atoms with Crippen LogP contribution in [0.5, 0.6) is 11.5 Å². The zero-order valence-electron chi connectivity index (χ0n) is 22.7. The summed E-state index contributed by atoms with van der Waals surface area (Å²) in [5.74, 6) is 1.20. The summed E-state index contributed by atoms with van der Waals surface area (Å²) < 4.78 is 17.5. The summed E-state index contributed by atoms with van der Waals surface area (Å²) in [5.41, 5.74) is 9.13. The Morgan fingerprint density at radius 2 is 1.85 bits per heavy atom. The number of methoxy groups -OCH3 is 2. The first kappa shape index (κ1) is 27.7. The molecule has 4 rings (SSSR count). The molecule has 1 aliphatic rings. The van der Waals surface area contributed by atoms with Crippen molar-refractivity contribution in [3.05, 3.63) is 52.3 Å². The summed E-state index contributed by atoms with van der Waals surface area (Å²) in [6.45, 7) is 6.79. The van der Waals surface area contributed by atoms with Crippen LogP contribution in [0.15, 0.2) is 41.1 Å². The number of nitrogen functional groups attached to an aromatic ring is 1. The summed E-state index contributed by atoms with van der Waals surface area (Å²) in [4.78, 5) is 29.1. The highest BCUT2D eigenvalue weighted by Crippen LogP contribution is 2.29. The number of anilines is 1. The third kappa shape index (κ3) is 6.41. The molecular formula is C27H34N8O4. The lowest BCUT2D eigenvalue weighted by atomic mass is 10.1. The van der Waals surface area contributed by atoms with E-state index in [-0.39, 0.29) is 17.1 Å². The van der Waals surface area contributed by atoms with Crippen molar-refractivity contribution < 1.29 is 14.2 Å². The molecule has 39 heavy (non-hydrogen) atoms. The van der Waals surface area contributed by atoms with Crippen molar-refractivity contribution in [2.45, 2.75) is 6.92 Å². The van der Waals surface area contributed by atoms with E-state index < -0.39 is 0 Å². The van der Waals surface area contributed by atoms with Crippen molar-refractivity contribution in [3.8, 4) is 34.1 Å². The lowest BCUT2D eigenvalue weighted by molar-refractivity contribution is 0.0387. The van der Waals surface area contributed by atoms with Gasteiger partial charge in [-0.15, -0.1) is 0 Å². The Kier molecular flexibility index (Phi) is 8.89. The summed E-state index contributed by atoms with van der Waals surface area (Å²) in [5, 5.41) is 11.4. The number of hydrogen-bond donors (Lipinski definition) is 3. The van der Waals surface area contributed by atoms with Gasteiger partial charge in [0.05, 0.1) is 39.3 Å². The maximum atomic E-state index is 13.1. The molecule has 3 heterocycles. The number of morpholine rings is 1. The number of nitrogens with one attached hydrogen (secondary N) is 2. The Morgan fingerprint density at radius 3 is 2.49 bits per heavy atom. The fourth-order valence-corrected chi connectivity index (χ4v) is 4.27. The molecule has 0 spiro atoms. The highest BCUT2D eigenvalue weighted by atomic mass is 16.5. The van der Waals surface area contributed by atoms with Crippen molar-refractivity contribution in [3.63, 3.8) is 0 Å². The number of nitrogens with zero attached hydrogens (tertiary/aromatic N) is 5. The minimum Gasteiger partial charge on any atom is -0.497 e. The molecule has 0 aliphatic carbocycles. The molecule has 0 saturated carbocycles. The second-order valence-corrected chi connectivity index (χ2v) is 9.05. The zero-order chi connectivity index (χ0) is 27.9. The zero-order valence-corrected chi connectivity index (χ0v) is 22.7. The predicted octanol–water partition coefficient (Wildman–Crippen LogP) is 1.81. The van der Waals surface area contributed by atoms with E-state index in [1.54, 1.807) is 31.4 Å². The quantitative estimate of drug-likeness (QED) is 0.328. The number of hydrogen-bond acceptors (Lipinski definition) is 11. The molecule has 1 fully saturated rings. The van der Waals surface area contributed by atoms with Crippen LogP contribution in [-0.2, 0) is 11.8 Å². The first-order valence-electron chi connectivity index (χ1n) is 12.5. The van der Waals surface area contributed by atoms with Gasteiger partial charge in [-0.3, -0.25) is 9.69 Å². The van der Waals surface area contributed by atoms with E-state index >= 15 is 0 Å². The van der Waals surface area contributed by atoms with Crippen LogP contribution in [0.1, 0.15) is 12.6 Å². The molecule has 12 heteroatoms. The fraction of sp³-hybridized carbons (Fsp3) is 0.370. The van der Waals surface area contributed by atoms with Gasteiger partial charge in [0.2, 0.25) is 0 Å². The maximum Gasteiger partial charge on any atom is 0.276 e. The first-order valence-corrected chi connectivity index (χ1v) is 12.5. The highest BCUT2D eigenvalue weighted by molar-refractivity contribution is 6.08. The first-order chi connectivity index (χ1) is 18.8. The Bertz CT molecular complexity index is 1410. The Balaban J connectivity index is 1.68. The molecule has 0 atom stereocenters. The molecule has 12 nitrogen and oxygen atoms in total. The molecule has 4 N–H and O–H groups in total. The molecule has 0 unspecified atom stereocenters. The monoisotopic (exact) mass is 534 g/mol. The van der Waals surface area contributed by atoms with Crippen LogP contribution in [0.25, 0.3) is 28.2 Å². The molecule has 0 bridgehead atoms. The number of rotatable bonds is 10. The van der Waals surface area contributed by atoms with Gasteiger partial charge < -0.3 is 35.2 Å². The van der Waals surface area contributed by atoms with Gasteiger partial charge in [-0.05, 0) is 19.1 Å². The van der Waals surface area contributed by atoms with Crippen molar-refractivity contribution in [2.75, 3.05) is 59.3 Å². The van der Waals surface area contributed by atoms with Crippen LogP contribution >= 0.6 is 0 Å². The molecule has 1 aromatic carbocycles. The van der Waals surface area contributed by atoms with E-state index in [2.05, 4.69) is 20.2 Å². The standard InChI is InChI=1S/C27H34N8O4/c1-17(30-5-6-35-7-9-39-10-8-35)21(14-28)22-15-31-26(29)25(32-22)23-16-34(2)27(36)24(33-23)18-11-19(37-3)13-20(12-18)38-4/h11-16,28,30H,5-10H2,1-4H3,(H2,29,31)/b21-17+,28-14?. The lowest BCUT2D eigenvalue weighted by Crippen LogP contribution is -2.40. The smallest absolute Gasteiger partial charge is 0.276 e. The molecule has 3 aromatic rings. The summed E-state index contributed by atoms with van der Waals surface area (Å²) in [6, 6.07) is 5.14. The van der Waals surface area contributed by atoms with Crippen LogP contribution in [0.2, 0.25) is 0 Å². The molecule has 0 radical (unpaired) electrons. The number of benzene rings is 1. The van der Waals surface area contributed by atoms with Gasteiger partial charge in [0.1, 0.15) is 28.6 Å². The van der Waals surface area contributed by atoms with Crippen molar-refractivity contribution in [2.24, 2.45) is 7.05 Å². The van der Waals surface area contributed by atoms with Crippen molar-refractivity contribution >= 4 is 17.6 Å². The third-order valence-corrected chi connectivity index (χ3v) is 6.49. The van der Waals surface area contributed by atoms with Gasteiger partial charge in [-0.2, -0.15) is 0 Å². The Labute approximate surface area is 227 Å². The largest absolute Gasteiger partial charge is 0.497 e. The maximum absolute atomic E-state index is 13.1. The second kappa shape index (κ2) is 12.5. The molecule has 2 aromatic heterocycles. The molecule has 1 aliphatic heterocycles. The van der Waals surface area contributed by atoms with E-state index in [9.17, 15) is 4.79 Å². The van der Waals surface area contributed by atoms with E-state index in [0.717, 1.165) is 38.5 Å². The Morgan fingerprint density at radius 1 is 1.15 bits per heavy atom. The van der Waals surface area contributed by atoms with Gasteiger partial charge in [0.25, 0.3) is 5.56 Å². The Hall–Kier alpha value is -4.29. The summed E-state index contributed by atoms with van der Waals surface area (Å²) in [6.07, 6.45) is 4.33. The van der Waals surface area contributed by atoms with E-state index in [1.807, 2.05) is 6.92 Å². The van der Waals surface area contributed by atoms with Crippen LogP contribution in [-0.4, -0.2) is 84.2 Å². The predicted molar refractivity (Wildman–Crippen MR) is 150 cm³/mol. The van der Waals surface area contributed by atoms with Crippen LogP contribution in [0.4, 0.5) is 5.82 Å². The molecule has 0 amide bonds. The number of aryl methyl sites for hydroxylation is 1. The fourth-order valence-electron chi connectivity index (χ4n) is 4.27. The minimum atomic E-state index is -0.308. The summed E-state index contributed by atoms with van der Waals surface area (Å²) in [7, 11) is 4.71. The molecule has 206 valence electrons. The van der Waals surface area contributed by atoms with Crippen LogP contribution < -0.4 is 26.1 Å². The number of allylic oxidation sites excluding steroid dienone is 2. The number of aromatic nitrogens is 4. The lowest BCUT2D eigenvalue weighted by Gasteiger charge is -2.26. The number of nitrogens with two attached hydrogens (primary N) is 1. The molecule has 1 saturated heterocycles. The summed E-state index contributed by atoms with van der Waals surface area (Å²) >= 11 is 0.